The van der Waals surface area contributed by atoms with E-state index in [4.69, 9.17) is 11.6 Å². The number of nitrogens with one attached hydrogen (secondary N) is 1. The molecule has 1 N–H and O–H groups in total. The molecule has 0 spiro atoms. The van der Waals surface area contributed by atoms with Gasteiger partial charge in [0.05, 0.1) is 3.70 Å². The number of pyridine rings is 1. The van der Waals surface area contributed by atoms with Crippen molar-refractivity contribution in [1.82, 2.24) is 4.98 Å². The summed E-state index contributed by atoms with van der Waals surface area (Å²) >= 11 is 7.49. The smallest absolute Gasteiger partial charge is 0.201 e. The first kappa shape index (κ1) is 7.08. The highest BCUT2D eigenvalue weighted by Crippen LogP contribution is 2.08. The molecule has 9 heavy (non-hydrogen) atoms. The van der Waals surface area contributed by atoms with E-state index in [0.29, 0.717) is 3.70 Å². The van der Waals surface area contributed by atoms with Crippen LogP contribution < -0.4 is 5.43 Å². The van der Waals surface area contributed by atoms with E-state index in [-0.39, 0.29) is 10.5 Å². The third-order valence-electron chi connectivity index (χ3n) is 0.854. The third kappa shape index (κ3) is 1.46. The number of rotatable bonds is 0. The second kappa shape index (κ2) is 2.70. The van der Waals surface area contributed by atoms with Crippen LogP contribution in [-0.2, 0) is 0 Å². The van der Waals surface area contributed by atoms with E-state index in [1.807, 2.05) is 22.6 Å². The molecule has 0 fully saturated rings. The first-order valence-corrected chi connectivity index (χ1v) is 3.70. The summed E-state index contributed by atoms with van der Waals surface area (Å²) in [6.45, 7) is 0. The zero-order chi connectivity index (χ0) is 6.85. The minimum Gasteiger partial charge on any atom is -0.355 e. The van der Waals surface area contributed by atoms with Crippen LogP contribution in [0.15, 0.2) is 17.1 Å². The Balaban J connectivity index is 3.43. The van der Waals surface area contributed by atoms with Gasteiger partial charge in [-0.2, -0.15) is 0 Å². The van der Waals surface area contributed by atoms with E-state index in [9.17, 15) is 4.79 Å². The number of halogens is 2. The fourth-order valence-electron chi connectivity index (χ4n) is 0.435. The molecule has 48 valence electrons. The molecule has 0 aliphatic heterocycles. The Bertz CT molecular complexity index is 270. The van der Waals surface area contributed by atoms with Gasteiger partial charge in [-0.1, -0.05) is 11.6 Å². The average molecular weight is 255 g/mol. The molecule has 0 unspecified atom stereocenters. The van der Waals surface area contributed by atoms with Gasteiger partial charge in [0.1, 0.15) is 5.02 Å². The second-order valence-electron chi connectivity index (χ2n) is 1.47. The molecule has 0 bridgehead atoms. The van der Waals surface area contributed by atoms with Gasteiger partial charge in [-0.05, 0) is 22.6 Å². The predicted octanol–water partition coefficient (Wildman–Crippen LogP) is 1.63. The number of hydrogen-bond acceptors (Lipinski definition) is 1. The molecule has 1 rings (SSSR count). The van der Waals surface area contributed by atoms with Crippen LogP contribution in [0.25, 0.3) is 0 Å². The van der Waals surface area contributed by atoms with Crippen LogP contribution in [-0.4, -0.2) is 4.98 Å². The second-order valence-corrected chi connectivity index (χ2v) is 2.93. The van der Waals surface area contributed by atoms with Crippen LogP contribution >= 0.6 is 34.2 Å². The molecule has 0 saturated carbocycles. The zero-order valence-electron chi connectivity index (χ0n) is 4.32. The van der Waals surface area contributed by atoms with Crippen molar-refractivity contribution in [2.75, 3.05) is 0 Å². The van der Waals surface area contributed by atoms with E-state index < -0.39 is 0 Å². The largest absolute Gasteiger partial charge is 0.355 e. The van der Waals surface area contributed by atoms with Gasteiger partial charge in [0.15, 0.2) is 0 Å². The summed E-state index contributed by atoms with van der Waals surface area (Å²) in [6.07, 6.45) is 1.57. The highest BCUT2D eigenvalue weighted by atomic mass is 127. The summed E-state index contributed by atoms with van der Waals surface area (Å²) in [5.74, 6) is 0. The maximum Gasteiger partial charge on any atom is 0.201 e. The molecule has 0 saturated heterocycles. The summed E-state index contributed by atoms with van der Waals surface area (Å²) in [4.78, 5) is 13.5. The molecule has 4 heteroatoms. The van der Waals surface area contributed by atoms with E-state index in [1.54, 1.807) is 6.20 Å². The Labute approximate surface area is 70.4 Å². The fraction of sp³-hybridized carbons (Fsp3) is 0. The Kier molecular flexibility index (Phi) is 2.13. The number of hydrogen-bond donors (Lipinski definition) is 1. The quantitative estimate of drug-likeness (QED) is 0.555. The summed E-state index contributed by atoms with van der Waals surface area (Å²) in [6, 6.07) is 1.39. The first-order chi connectivity index (χ1) is 4.22. The summed E-state index contributed by atoms with van der Waals surface area (Å²) < 4.78 is 0.682. The van der Waals surface area contributed by atoms with Crippen LogP contribution in [0.2, 0.25) is 5.02 Å². The van der Waals surface area contributed by atoms with Crippen molar-refractivity contribution in [1.29, 1.82) is 0 Å². The molecule has 0 aliphatic carbocycles. The molecule has 0 amide bonds. The van der Waals surface area contributed by atoms with Gasteiger partial charge < -0.3 is 4.98 Å². The SMILES string of the molecule is O=c1cc[nH]c(I)c1Cl. The fourth-order valence-corrected chi connectivity index (χ4v) is 0.998. The molecule has 0 aromatic carbocycles. The van der Waals surface area contributed by atoms with Gasteiger partial charge in [-0.15, -0.1) is 0 Å². The molecule has 2 nitrogen and oxygen atoms in total. The van der Waals surface area contributed by atoms with E-state index in [0.717, 1.165) is 0 Å². The maximum atomic E-state index is 10.7. The van der Waals surface area contributed by atoms with E-state index in [1.165, 1.54) is 6.07 Å². The maximum absolute atomic E-state index is 10.7. The molecule has 1 aromatic rings. The van der Waals surface area contributed by atoms with Gasteiger partial charge in [0.25, 0.3) is 0 Å². The van der Waals surface area contributed by atoms with Crippen molar-refractivity contribution >= 4 is 34.2 Å². The van der Waals surface area contributed by atoms with Crippen LogP contribution in [0.3, 0.4) is 0 Å². The monoisotopic (exact) mass is 255 g/mol. The molecular weight excluding hydrogens is 252 g/mol. The molecule has 0 atom stereocenters. The molecular formula is C5H3ClINO. The van der Waals surface area contributed by atoms with Gasteiger partial charge in [0, 0.05) is 12.3 Å². The summed E-state index contributed by atoms with van der Waals surface area (Å²) in [5.41, 5.74) is -0.139. The Morgan fingerprint density at radius 1 is 1.67 bits per heavy atom. The lowest BCUT2D eigenvalue weighted by atomic mass is 10.5. The van der Waals surface area contributed by atoms with E-state index in [2.05, 4.69) is 4.98 Å². The minimum absolute atomic E-state index is 0.139. The lowest BCUT2D eigenvalue weighted by Crippen LogP contribution is -2.01. The highest BCUT2D eigenvalue weighted by molar-refractivity contribution is 14.1. The standard InChI is InChI=1S/C5H3ClINO/c6-4-3(9)1-2-8-5(4)7/h1-2H,(H,8,9). The Morgan fingerprint density at radius 2 is 2.33 bits per heavy atom. The average Bonchev–Trinajstić information content (AvgIpc) is 1.83. The predicted molar refractivity (Wildman–Crippen MR) is 44.8 cm³/mol. The van der Waals surface area contributed by atoms with Gasteiger partial charge in [-0.25, -0.2) is 0 Å². The molecule has 1 aromatic heterocycles. The van der Waals surface area contributed by atoms with Crippen LogP contribution in [0, 0.1) is 3.70 Å². The molecule has 0 aliphatic rings. The topological polar surface area (TPSA) is 32.9 Å². The van der Waals surface area contributed by atoms with Crippen molar-refractivity contribution in [3.05, 3.63) is 31.2 Å². The van der Waals surface area contributed by atoms with Crippen molar-refractivity contribution in [2.24, 2.45) is 0 Å². The van der Waals surface area contributed by atoms with Crippen molar-refractivity contribution < 1.29 is 0 Å². The van der Waals surface area contributed by atoms with Crippen molar-refractivity contribution in [3.8, 4) is 0 Å². The Hall–Kier alpha value is -0.0300. The van der Waals surface area contributed by atoms with Gasteiger partial charge in [0.2, 0.25) is 5.43 Å². The van der Waals surface area contributed by atoms with E-state index >= 15 is 0 Å². The van der Waals surface area contributed by atoms with Crippen LogP contribution in [0.1, 0.15) is 0 Å². The van der Waals surface area contributed by atoms with Crippen LogP contribution in [0.4, 0.5) is 0 Å². The number of H-pyrrole nitrogens is 1. The molecule has 0 radical (unpaired) electrons. The normalized spacial score (nSPS) is 9.56. The number of aromatic nitrogens is 1. The van der Waals surface area contributed by atoms with Gasteiger partial charge in [-0.3, -0.25) is 4.79 Å². The molecule has 1 heterocycles. The lowest BCUT2D eigenvalue weighted by molar-refractivity contribution is 1.25. The minimum atomic E-state index is -0.139. The lowest BCUT2D eigenvalue weighted by Gasteiger charge is -1.89. The number of aromatic amines is 1. The zero-order valence-corrected chi connectivity index (χ0v) is 7.23. The van der Waals surface area contributed by atoms with Crippen LogP contribution in [0.5, 0.6) is 0 Å². The summed E-state index contributed by atoms with van der Waals surface area (Å²) in [5, 5.41) is 0.262. The summed E-state index contributed by atoms with van der Waals surface area (Å²) in [7, 11) is 0. The van der Waals surface area contributed by atoms with Crippen molar-refractivity contribution in [3.63, 3.8) is 0 Å². The van der Waals surface area contributed by atoms with Crippen molar-refractivity contribution in [2.45, 2.75) is 0 Å². The van der Waals surface area contributed by atoms with Gasteiger partial charge >= 0.3 is 0 Å². The third-order valence-corrected chi connectivity index (χ3v) is 2.40. The Morgan fingerprint density at radius 3 is 2.78 bits per heavy atom. The first-order valence-electron chi connectivity index (χ1n) is 2.24. The highest BCUT2D eigenvalue weighted by Gasteiger charge is 1.97.